The van der Waals surface area contributed by atoms with Crippen LogP contribution in [0.2, 0.25) is 0 Å². The molecule has 2 heterocycles. The van der Waals surface area contributed by atoms with Crippen molar-refractivity contribution in [2.24, 2.45) is 5.92 Å². The van der Waals surface area contributed by atoms with Crippen LogP contribution in [0.3, 0.4) is 0 Å². The van der Waals surface area contributed by atoms with E-state index in [-0.39, 0.29) is 29.8 Å². The summed E-state index contributed by atoms with van der Waals surface area (Å²) >= 11 is 0. The molecule has 2 aliphatic rings. The van der Waals surface area contributed by atoms with E-state index in [1.165, 1.54) is 12.0 Å². The third kappa shape index (κ3) is 3.93. The molecule has 0 aromatic heterocycles. The van der Waals surface area contributed by atoms with Crippen molar-refractivity contribution in [1.82, 2.24) is 15.1 Å². The van der Waals surface area contributed by atoms with Crippen molar-refractivity contribution in [1.29, 1.82) is 0 Å². The number of nitrogens with zero attached hydrogens (tertiary/aromatic N) is 2. The zero-order valence-corrected chi connectivity index (χ0v) is 16.2. The predicted octanol–water partition coefficient (Wildman–Crippen LogP) is 2.24. The van der Waals surface area contributed by atoms with E-state index in [0.717, 1.165) is 32.5 Å². The van der Waals surface area contributed by atoms with Crippen molar-refractivity contribution in [3.8, 4) is 0 Å². The number of hydrogen-bond donors (Lipinski definition) is 1. The van der Waals surface area contributed by atoms with Gasteiger partial charge in [-0.2, -0.15) is 0 Å². The van der Waals surface area contributed by atoms with Gasteiger partial charge >= 0.3 is 0 Å². The van der Waals surface area contributed by atoms with Crippen molar-refractivity contribution < 1.29 is 9.59 Å². The molecule has 0 aliphatic carbocycles. The van der Waals surface area contributed by atoms with Gasteiger partial charge in [0, 0.05) is 31.1 Å². The molecule has 0 saturated carbocycles. The number of nitrogens with one attached hydrogen (secondary N) is 1. The Morgan fingerprint density at radius 2 is 1.85 bits per heavy atom. The number of piperidine rings is 1. The van der Waals surface area contributed by atoms with Crippen LogP contribution in [0.4, 0.5) is 0 Å². The SMILES string of the molecule is CC(C)C(=O)NCC(=O)N1CCC2(CC1)C[C@H](c1ccccc1)CN2C. The Kier molecular flexibility index (Phi) is 5.66. The van der Waals surface area contributed by atoms with Crippen LogP contribution in [-0.4, -0.2) is 60.4 Å². The fourth-order valence-corrected chi connectivity index (χ4v) is 4.39. The highest BCUT2D eigenvalue weighted by Crippen LogP contribution is 2.43. The van der Waals surface area contributed by atoms with Crippen molar-refractivity contribution in [2.45, 2.75) is 44.6 Å². The molecule has 2 amide bonds. The number of rotatable bonds is 4. The van der Waals surface area contributed by atoms with E-state index in [1.54, 1.807) is 0 Å². The summed E-state index contributed by atoms with van der Waals surface area (Å²) in [4.78, 5) is 28.5. The first kappa shape index (κ1) is 18.9. The van der Waals surface area contributed by atoms with Crippen LogP contribution in [0.1, 0.15) is 44.6 Å². The second kappa shape index (κ2) is 7.78. The summed E-state index contributed by atoms with van der Waals surface area (Å²) in [5.41, 5.74) is 1.63. The summed E-state index contributed by atoms with van der Waals surface area (Å²) in [6.07, 6.45) is 3.19. The molecule has 142 valence electrons. The second-order valence-electron chi connectivity index (χ2n) is 8.17. The van der Waals surface area contributed by atoms with E-state index >= 15 is 0 Å². The minimum atomic E-state index is -0.0884. The largest absolute Gasteiger partial charge is 0.347 e. The lowest BCUT2D eigenvalue weighted by atomic mass is 9.81. The Morgan fingerprint density at radius 1 is 1.19 bits per heavy atom. The van der Waals surface area contributed by atoms with E-state index in [1.807, 2.05) is 18.7 Å². The average molecular weight is 357 g/mol. The summed E-state index contributed by atoms with van der Waals surface area (Å²) in [6, 6.07) is 10.8. The quantitative estimate of drug-likeness (QED) is 0.899. The Hall–Kier alpha value is -1.88. The molecule has 26 heavy (non-hydrogen) atoms. The van der Waals surface area contributed by atoms with Crippen molar-refractivity contribution in [3.05, 3.63) is 35.9 Å². The molecule has 1 aromatic carbocycles. The van der Waals surface area contributed by atoms with Gasteiger partial charge in [-0.25, -0.2) is 0 Å². The molecule has 0 radical (unpaired) electrons. The van der Waals surface area contributed by atoms with Crippen LogP contribution >= 0.6 is 0 Å². The van der Waals surface area contributed by atoms with Gasteiger partial charge < -0.3 is 10.2 Å². The van der Waals surface area contributed by atoms with Crippen LogP contribution in [0.5, 0.6) is 0 Å². The van der Waals surface area contributed by atoms with Gasteiger partial charge in [0.1, 0.15) is 0 Å². The van der Waals surface area contributed by atoms with Crippen molar-refractivity contribution in [3.63, 3.8) is 0 Å². The monoisotopic (exact) mass is 357 g/mol. The molecule has 1 aromatic rings. The molecule has 3 rings (SSSR count). The van der Waals surface area contributed by atoms with E-state index < -0.39 is 0 Å². The number of likely N-dealkylation sites (tertiary alicyclic amines) is 2. The Balaban J connectivity index is 1.54. The average Bonchev–Trinajstić information content (AvgIpc) is 2.97. The molecule has 2 saturated heterocycles. The maximum Gasteiger partial charge on any atom is 0.241 e. The van der Waals surface area contributed by atoms with Gasteiger partial charge in [0.05, 0.1) is 6.54 Å². The standard InChI is InChI=1S/C21H31N3O2/c1-16(2)20(26)22-14-19(25)24-11-9-21(10-12-24)13-18(15-23(21)3)17-7-5-4-6-8-17/h4-8,16,18H,9-15H2,1-3H3,(H,22,26)/t18-/m0/s1. The fraction of sp³-hybridized carbons (Fsp3) is 0.619. The van der Waals surface area contributed by atoms with E-state index in [0.29, 0.717) is 5.92 Å². The molecule has 1 atom stereocenters. The molecule has 5 nitrogen and oxygen atoms in total. The van der Waals surface area contributed by atoms with Gasteiger partial charge in [0.15, 0.2) is 0 Å². The lowest BCUT2D eigenvalue weighted by Crippen LogP contribution is -2.53. The van der Waals surface area contributed by atoms with Crippen LogP contribution in [0.15, 0.2) is 30.3 Å². The van der Waals surface area contributed by atoms with Crippen molar-refractivity contribution in [2.75, 3.05) is 33.2 Å². The molecular weight excluding hydrogens is 326 g/mol. The fourth-order valence-electron chi connectivity index (χ4n) is 4.39. The van der Waals surface area contributed by atoms with Crippen LogP contribution < -0.4 is 5.32 Å². The summed E-state index contributed by atoms with van der Waals surface area (Å²) in [7, 11) is 2.23. The van der Waals surface area contributed by atoms with Gasteiger partial charge in [-0.3, -0.25) is 14.5 Å². The first-order chi connectivity index (χ1) is 12.4. The number of carbonyl (C=O) groups is 2. The van der Waals surface area contributed by atoms with Gasteiger partial charge in [-0.1, -0.05) is 44.2 Å². The third-order valence-electron chi connectivity index (χ3n) is 6.19. The second-order valence-corrected chi connectivity index (χ2v) is 8.17. The normalized spacial score (nSPS) is 22.8. The van der Waals surface area contributed by atoms with Crippen molar-refractivity contribution >= 4 is 11.8 Å². The number of benzene rings is 1. The van der Waals surface area contributed by atoms with E-state index in [4.69, 9.17) is 0 Å². The Labute approximate surface area is 156 Å². The zero-order chi connectivity index (χ0) is 18.7. The smallest absolute Gasteiger partial charge is 0.241 e. The minimum Gasteiger partial charge on any atom is -0.347 e. The lowest BCUT2D eigenvalue weighted by molar-refractivity contribution is -0.135. The van der Waals surface area contributed by atoms with E-state index in [9.17, 15) is 9.59 Å². The first-order valence-electron chi connectivity index (χ1n) is 9.73. The highest BCUT2D eigenvalue weighted by Gasteiger charge is 2.46. The summed E-state index contributed by atoms with van der Waals surface area (Å²) in [6.45, 7) is 6.44. The number of amides is 2. The van der Waals surface area contributed by atoms with Gasteiger partial charge in [0.25, 0.3) is 0 Å². The zero-order valence-electron chi connectivity index (χ0n) is 16.2. The van der Waals surface area contributed by atoms with Crippen LogP contribution in [0, 0.1) is 5.92 Å². The molecule has 1 N–H and O–H groups in total. The number of carbonyl (C=O) groups excluding carboxylic acids is 2. The summed E-state index contributed by atoms with van der Waals surface area (Å²) in [5.74, 6) is 0.463. The molecule has 0 bridgehead atoms. The lowest BCUT2D eigenvalue weighted by Gasteiger charge is -2.43. The Morgan fingerprint density at radius 3 is 2.46 bits per heavy atom. The Bertz CT molecular complexity index is 636. The highest BCUT2D eigenvalue weighted by atomic mass is 16.2. The first-order valence-corrected chi connectivity index (χ1v) is 9.73. The minimum absolute atomic E-state index is 0.0362. The molecule has 5 heteroatoms. The highest BCUT2D eigenvalue weighted by molar-refractivity contribution is 5.85. The molecule has 1 spiro atoms. The topological polar surface area (TPSA) is 52.7 Å². The number of likely N-dealkylation sites (N-methyl/N-ethyl adjacent to an activating group) is 1. The number of hydrogen-bond acceptors (Lipinski definition) is 3. The molecule has 0 unspecified atom stereocenters. The van der Waals surface area contributed by atoms with Gasteiger partial charge in [-0.15, -0.1) is 0 Å². The molecular formula is C21H31N3O2. The predicted molar refractivity (Wildman–Crippen MR) is 103 cm³/mol. The van der Waals surface area contributed by atoms with Gasteiger partial charge in [-0.05, 0) is 37.8 Å². The van der Waals surface area contributed by atoms with Crippen LogP contribution in [-0.2, 0) is 9.59 Å². The van der Waals surface area contributed by atoms with E-state index in [2.05, 4.69) is 47.6 Å². The summed E-state index contributed by atoms with van der Waals surface area (Å²) < 4.78 is 0. The maximum atomic E-state index is 12.4. The molecule has 2 fully saturated rings. The summed E-state index contributed by atoms with van der Waals surface area (Å²) in [5, 5.41) is 2.74. The maximum absolute atomic E-state index is 12.4. The van der Waals surface area contributed by atoms with Crippen LogP contribution in [0.25, 0.3) is 0 Å². The third-order valence-corrected chi connectivity index (χ3v) is 6.19. The molecule has 2 aliphatic heterocycles. The van der Waals surface area contributed by atoms with Gasteiger partial charge in [0.2, 0.25) is 11.8 Å².